The Morgan fingerprint density at radius 3 is 2.42 bits per heavy atom. The zero-order chi connectivity index (χ0) is 14.1. The van der Waals surface area contributed by atoms with E-state index in [1.807, 2.05) is 0 Å². The fraction of sp³-hybridized carbons (Fsp3) is 1.00. The van der Waals surface area contributed by atoms with Crippen LogP contribution in [0, 0.1) is 5.92 Å². The zero-order valence-corrected chi connectivity index (χ0v) is 13.8. The normalized spacial score (nSPS) is 26.4. The fourth-order valence-electron chi connectivity index (χ4n) is 3.57. The van der Waals surface area contributed by atoms with Gasteiger partial charge in [-0.1, -0.05) is 46.5 Å². The molecule has 0 spiro atoms. The van der Waals surface area contributed by atoms with Crippen molar-refractivity contribution in [2.24, 2.45) is 5.92 Å². The van der Waals surface area contributed by atoms with Gasteiger partial charge in [0, 0.05) is 18.6 Å². The Kier molecular flexibility index (Phi) is 8.72. The molecule has 1 rings (SSSR count). The van der Waals surface area contributed by atoms with E-state index in [-0.39, 0.29) is 0 Å². The van der Waals surface area contributed by atoms with Crippen molar-refractivity contribution >= 4 is 0 Å². The molecule has 1 aliphatic rings. The van der Waals surface area contributed by atoms with Crippen molar-refractivity contribution in [1.29, 1.82) is 0 Å². The van der Waals surface area contributed by atoms with Crippen molar-refractivity contribution in [3.05, 3.63) is 0 Å². The van der Waals surface area contributed by atoms with Crippen LogP contribution in [-0.4, -0.2) is 36.6 Å². The average Bonchev–Trinajstić information content (AvgIpc) is 2.62. The Labute approximate surface area is 121 Å². The van der Waals surface area contributed by atoms with Crippen LogP contribution in [0.4, 0.5) is 0 Å². The van der Waals surface area contributed by atoms with Gasteiger partial charge in [-0.2, -0.15) is 0 Å². The van der Waals surface area contributed by atoms with E-state index in [0.29, 0.717) is 6.04 Å². The highest BCUT2D eigenvalue weighted by molar-refractivity contribution is 4.78. The van der Waals surface area contributed by atoms with Crippen molar-refractivity contribution in [2.45, 2.75) is 84.7 Å². The van der Waals surface area contributed by atoms with Crippen LogP contribution in [0.3, 0.4) is 0 Å². The van der Waals surface area contributed by atoms with Gasteiger partial charge in [0.25, 0.3) is 0 Å². The molecule has 114 valence electrons. The number of hydrogen-bond donors (Lipinski definition) is 1. The van der Waals surface area contributed by atoms with Crippen LogP contribution < -0.4 is 5.32 Å². The predicted molar refractivity (Wildman–Crippen MR) is 85.7 cm³/mol. The largest absolute Gasteiger partial charge is 0.310 e. The van der Waals surface area contributed by atoms with Crippen LogP contribution in [0.25, 0.3) is 0 Å². The van der Waals surface area contributed by atoms with Gasteiger partial charge in [0.2, 0.25) is 0 Å². The van der Waals surface area contributed by atoms with Gasteiger partial charge in [-0.25, -0.2) is 0 Å². The van der Waals surface area contributed by atoms with Gasteiger partial charge in [-0.05, 0) is 45.2 Å². The first kappa shape index (κ1) is 17.0. The highest BCUT2D eigenvalue weighted by Crippen LogP contribution is 2.26. The second kappa shape index (κ2) is 9.77. The number of rotatable bonds is 8. The van der Waals surface area contributed by atoms with Crippen LogP contribution in [0.5, 0.6) is 0 Å². The molecule has 0 heterocycles. The molecule has 2 nitrogen and oxygen atoms in total. The molecule has 0 radical (unpaired) electrons. The van der Waals surface area contributed by atoms with Crippen LogP contribution in [0.2, 0.25) is 0 Å². The number of nitrogens with one attached hydrogen (secondary N) is 1. The zero-order valence-electron chi connectivity index (χ0n) is 13.8. The standard InChI is InChI=1S/C17H36N2/c1-5-9-16-10-8-11-17(13-12-16)18-15(4)14-19(6-2)7-3/h15-18H,5-14H2,1-4H3. The molecular formula is C17H36N2. The first-order chi connectivity index (χ1) is 9.19. The molecule has 1 fully saturated rings. The van der Waals surface area contributed by atoms with Gasteiger partial charge in [0.1, 0.15) is 0 Å². The van der Waals surface area contributed by atoms with E-state index >= 15 is 0 Å². The molecule has 0 aromatic carbocycles. The molecule has 0 aliphatic heterocycles. The lowest BCUT2D eigenvalue weighted by molar-refractivity contribution is 0.256. The molecule has 19 heavy (non-hydrogen) atoms. The van der Waals surface area contributed by atoms with E-state index in [4.69, 9.17) is 0 Å². The summed E-state index contributed by atoms with van der Waals surface area (Å²) in [5.41, 5.74) is 0. The van der Waals surface area contributed by atoms with Crippen LogP contribution in [-0.2, 0) is 0 Å². The number of hydrogen-bond acceptors (Lipinski definition) is 2. The summed E-state index contributed by atoms with van der Waals surface area (Å²) < 4.78 is 0. The maximum absolute atomic E-state index is 3.88. The van der Waals surface area contributed by atoms with Gasteiger partial charge >= 0.3 is 0 Å². The summed E-state index contributed by atoms with van der Waals surface area (Å²) >= 11 is 0. The SMILES string of the molecule is CCCC1CCCC(NC(C)CN(CC)CC)CC1. The molecule has 1 aliphatic carbocycles. The lowest BCUT2D eigenvalue weighted by Gasteiger charge is -2.27. The Bertz CT molecular complexity index is 213. The average molecular weight is 268 g/mol. The number of nitrogens with zero attached hydrogens (tertiary/aromatic N) is 1. The van der Waals surface area contributed by atoms with E-state index in [1.54, 1.807) is 0 Å². The van der Waals surface area contributed by atoms with E-state index in [9.17, 15) is 0 Å². The maximum Gasteiger partial charge on any atom is 0.0169 e. The molecule has 3 unspecified atom stereocenters. The molecule has 0 aromatic rings. The monoisotopic (exact) mass is 268 g/mol. The predicted octanol–water partition coefficient (Wildman–Crippen LogP) is 4.06. The Hall–Kier alpha value is -0.0800. The summed E-state index contributed by atoms with van der Waals surface area (Å²) in [6.07, 6.45) is 9.94. The highest BCUT2D eigenvalue weighted by atomic mass is 15.1. The van der Waals surface area contributed by atoms with Crippen LogP contribution >= 0.6 is 0 Å². The molecule has 2 heteroatoms. The summed E-state index contributed by atoms with van der Waals surface area (Å²) in [5.74, 6) is 1.01. The molecule has 1 saturated carbocycles. The van der Waals surface area contributed by atoms with Gasteiger partial charge in [-0.3, -0.25) is 0 Å². The van der Waals surface area contributed by atoms with Crippen molar-refractivity contribution in [3.8, 4) is 0 Å². The molecule has 0 aromatic heterocycles. The fourth-order valence-corrected chi connectivity index (χ4v) is 3.57. The lowest BCUT2D eigenvalue weighted by atomic mass is 9.95. The van der Waals surface area contributed by atoms with Crippen molar-refractivity contribution in [2.75, 3.05) is 19.6 Å². The first-order valence-corrected chi connectivity index (χ1v) is 8.67. The minimum Gasteiger partial charge on any atom is -0.310 e. The van der Waals surface area contributed by atoms with Crippen molar-refractivity contribution in [3.63, 3.8) is 0 Å². The summed E-state index contributed by atoms with van der Waals surface area (Å²) in [4.78, 5) is 2.52. The van der Waals surface area contributed by atoms with Gasteiger partial charge in [0.05, 0.1) is 0 Å². The van der Waals surface area contributed by atoms with E-state index in [1.165, 1.54) is 64.6 Å². The summed E-state index contributed by atoms with van der Waals surface area (Å²) in [6, 6.07) is 1.40. The third kappa shape index (κ3) is 6.76. The Morgan fingerprint density at radius 2 is 1.79 bits per heavy atom. The second-order valence-electron chi connectivity index (χ2n) is 6.41. The Balaban J connectivity index is 2.28. The van der Waals surface area contributed by atoms with Crippen molar-refractivity contribution in [1.82, 2.24) is 10.2 Å². The maximum atomic E-state index is 3.88. The topological polar surface area (TPSA) is 15.3 Å². The van der Waals surface area contributed by atoms with E-state index in [0.717, 1.165) is 12.0 Å². The van der Waals surface area contributed by atoms with E-state index < -0.39 is 0 Å². The van der Waals surface area contributed by atoms with Gasteiger partial charge < -0.3 is 10.2 Å². The van der Waals surface area contributed by atoms with Gasteiger partial charge in [0.15, 0.2) is 0 Å². The third-order valence-electron chi connectivity index (χ3n) is 4.73. The van der Waals surface area contributed by atoms with E-state index in [2.05, 4.69) is 37.9 Å². The molecule has 3 atom stereocenters. The highest BCUT2D eigenvalue weighted by Gasteiger charge is 2.19. The lowest BCUT2D eigenvalue weighted by Crippen LogP contribution is -2.43. The summed E-state index contributed by atoms with van der Waals surface area (Å²) in [7, 11) is 0. The smallest absolute Gasteiger partial charge is 0.0169 e. The number of likely N-dealkylation sites (N-methyl/N-ethyl adjacent to an activating group) is 1. The Morgan fingerprint density at radius 1 is 1.05 bits per heavy atom. The molecule has 1 N–H and O–H groups in total. The third-order valence-corrected chi connectivity index (χ3v) is 4.73. The summed E-state index contributed by atoms with van der Waals surface area (Å²) in [5, 5.41) is 3.88. The second-order valence-corrected chi connectivity index (χ2v) is 6.41. The molecule has 0 bridgehead atoms. The van der Waals surface area contributed by atoms with Crippen LogP contribution in [0.1, 0.15) is 72.6 Å². The minimum absolute atomic E-state index is 0.632. The molecule has 0 amide bonds. The minimum atomic E-state index is 0.632. The quantitative estimate of drug-likeness (QED) is 0.668. The summed E-state index contributed by atoms with van der Waals surface area (Å²) in [6.45, 7) is 12.7. The molecular weight excluding hydrogens is 232 g/mol. The van der Waals surface area contributed by atoms with Gasteiger partial charge in [-0.15, -0.1) is 0 Å². The molecule has 0 saturated heterocycles. The first-order valence-electron chi connectivity index (χ1n) is 8.67. The van der Waals surface area contributed by atoms with Crippen molar-refractivity contribution < 1.29 is 0 Å². The van der Waals surface area contributed by atoms with Crippen LogP contribution in [0.15, 0.2) is 0 Å².